The largest absolute Gasteiger partial charge is 0.455 e. The highest BCUT2D eigenvalue weighted by atomic mass is 16.7. The SMILES string of the molecule is CC(OC(=O)c1cccn1C)Oc1ccc(C2CCNCC2OCc2ccc3ccccc3c2)cc1. The van der Waals surface area contributed by atoms with Gasteiger partial charge in [-0.3, -0.25) is 0 Å². The Morgan fingerprint density at radius 2 is 1.83 bits per heavy atom. The molecule has 6 nitrogen and oxygen atoms in total. The van der Waals surface area contributed by atoms with E-state index in [1.54, 1.807) is 36.9 Å². The molecule has 3 aromatic carbocycles. The highest BCUT2D eigenvalue weighted by molar-refractivity contribution is 5.87. The molecule has 1 aromatic heterocycles. The number of ether oxygens (including phenoxy) is 3. The predicted octanol–water partition coefficient (Wildman–Crippen LogP) is 5.42. The average molecular weight is 485 g/mol. The third kappa shape index (κ3) is 5.61. The standard InChI is InChI=1S/C30H32N2O4/c1-21(36-30(33)28-8-5-17-32(28)2)35-26-13-11-24(12-14-26)27-15-16-31-19-29(27)34-20-22-9-10-23-6-3-4-7-25(23)18-22/h3-14,17-18,21,27,29,31H,15-16,19-20H2,1-2H3. The van der Waals surface area contributed by atoms with Crippen molar-refractivity contribution < 1.29 is 19.0 Å². The summed E-state index contributed by atoms with van der Waals surface area (Å²) in [4.78, 5) is 12.3. The zero-order valence-electron chi connectivity index (χ0n) is 20.7. The van der Waals surface area contributed by atoms with Crippen LogP contribution in [0.25, 0.3) is 10.8 Å². The van der Waals surface area contributed by atoms with Gasteiger partial charge >= 0.3 is 5.97 Å². The Morgan fingerprint density at radius 1 is 1.03 bits per heavy atom. The lowest BCUT2D eigenvalue weighted by molar-refractivity contribution is -0.0379. The van der Waals surface area contributed by atoms with Crippen LogP contribution in [0.15, 0.2) is 85.1 Å². The first-order valence-electron chi connectivity index (χ1n) is 12.5. The molecule has 0 radical (unpaired) electrons. The van der Waals surface area contributed by atoms with Crippen LogP contribution >= 0.6 is 0 Å². The summed E-state index contributed by atoms with van der Waals surface area (Å²) < 4.78 is 19.4. The molecule has 1 aliphatic heterocycles. The highest BCUT2D eigenvalue weighted by Gasteiger charge is 2.27. The molecule has 1 saturated heterocycles. The molecule has 5 rings (SSSR count). The molecule has 4 aromatic rings. The number of nitrogens with zero attached hydrogens (tertiary/aromatic N) is 1. The van der Waals surface area contributed by atoms with Gasteiger partial charge in [0.15, 0.2) is 0 Å². The molecule has 1 fully saturated rings. The number of carbonyl (C=O) groups excluding carboxylic acids is 1. The Kier molecular flexibility index (Phi) is 7.35. The molecule has 1 aliphatic rings. The second kappa shape index (κ2) is 11.0. The monoisotopic (exact) mass is 484 g/mol. The van der Waals surface area contributed by atoms with Crippen molar-refractivity contribution >= 4 is 16.7 Å². The van der Waals surface area contributed by atoms with Gasteiger partial charge in [-0.2, -0.15) is 0 Å². The van der Waals surface area contributed by atoms with Gasteiger partial charge in [0.2, 0.25) is 6.29 Å². The van der Waals surface area contributed by atoms with Crippen LogP contribution in [0.1, 0.15) is 40.9 Å². The molecular weight excluding hydrogens is 452 g/mol. The van der Waals surface area contributed by atoms with Gasteiger partial charge < -0.3 is 24.1 Å². The number of benzene rings is 3. The molecule has 6 heteroatoms. The van der Waals surface area contributed by atoms with Gasteiger partial charge in [0.1, 0.15) is 11.4 Å². The molecule has 2 heterocycles. The maximum atomic E-state index is 12.3. The smallest absolute Gasteiger partial charge is 0.357 e. The first-order chi connectivity index (χ1) is 17.6. The van der Waals surface area contributed by atoms with Gasteiger partial charge in [-0.15, -0.1) is 0 Å². The number of piperidine rings is 1. The summed E-state index contributed by atoms with van der Waals surface area (Å²) in [6.07, 6.45) is 2.20. The molecule has 3 unspecified atom stereocenters. The normalized spacial score (nSPS) is 18.6. The van der Waals surface area contributed by atoms with Gasteiger partial charge in [0, 0.05) is 32.6 Å². The van der Waals surface area contributed by atoms with E-state index in [1.165, 1.54) is 21.9 Å². The maximum absolute atomic E-state index is 12.3. The Hall–Kier alpha value is -3.61. The Morgan fingerprint density at radius 3 is 2.61 bits per heavy atom. The molecule has 0 spiro atoms. The van der Waals surface area contributed by atoms with E-state index in [-0.39, 0.29) is 6.10 Å². The van der Waals surface area contributed by atoms with E-state index < -0.39 is 12.3 Å². The van der Waals surface area contributed by atoms with Crippen molar-refractivity contribution in [3.8, 4) is 5.75 Å². The lowest BCUT2D eigenvalue weighted by Crippen LogP contribution is -2.40. The second-order valence-electron chi connectivity index (χ2n) is 9.29. The van der Waals surface area contributed by atoms with Crippen LogP contribution in [-0.2, 0) is 23.1 Å². The van der Waals surface area contributed by atoms with Crippen LogP contribution in [0.2, 0.25) is 0 Å². The van der Waals surface area contributed by atoms with Crippen LogP contribution in [-0.4, -0.2) is 36.0 Å². The minimum Gasteiger partial charge on any atom is -0.455 e. The molecule has 0 saturated carbocycles. The van der Waals surface area contributed by atoms with Gasteiger partial charge in [-0.05, 0) is 65.2 Å². The van der Waals surface area contributed by atoms with Crippen molar-refractivity contribution in [3.63, 3.8) is 0 Å². The number of carbonyl (C=O) groups is 1. The average Bonchev–Trinajstić information content (AvgIpc) is 3.34. The van der Waals surface area contributed by atoms with Crippen molar-refractivity contribution in [2.75, 3.05) is 13.1 Å². The summed E-state index contributed by atoms with van der Waals surface area (Å²) >= 11 is 0. The summed E-state index contributed by atoms with van der Waals surface area (Å²) in [6, 6.07) is 26.5. The van der Waals surface area contributed by atoms with E-state index in [9.17, 15) is 4.79 Å². The van der Waals surface area contributed by atoms with Crippen LogP contribution in [0, 0.1) is 0 Å². The maximum Gasteiger partial charge on any atom is 0.357 e. The van der Waals surface area contributed by atoms with Gasteiger partial charge in [0.05, 0.1) is 12.7 Å². The van der Waals surface area contributed by atoms with E-state index in [2.05, 4.69) is 59.9 Å². The van der Waals surface area contributed by atoms with Crippen molar-refractivity contribution in [2.24, 2.45) is 7.05 Å². The number of fused-ring (bicyclic) bond motifs is 1. The van der Waals surface area contributed by atoms with Crippen LogP contribution in [0.3, 0.4) is 0 Å². The van der Waals surface area contributed by atoms with Crippen molar-refractivity contribution in [3.05, 3.63) is 102 Å². The second-order valence-corrected chi connectivity index (χ2v) is 9.29. The zero-order valence-corrected chi connectivity index (χ0v) is 20.7. The molecule has 0 amide bonds. The Labute approximate surface area is 211 Å². The lowest BCUT2D eigenvalue weighted by Gasteiger charge is -2.32. The fourth-order valence-electron chi connectivity index (χ4n) is 4.81. The zero-order chi connectivity index (χ0) is 24.9. The molecule has 0 aliphatic carbocycles. The van der Waals surface area contributed by atoms with Crippen LogP contribution < -0.4 is 10.1 Å². The first kappa shape index (κ1) is 24.1. The third-order valence-electron chi connectivity index (χ3n) is 6.74. The van der Waals surface area contributed by atoms with E-state index >= 15 is 0 Å². The van der Waals surface area contributed by atoms with Gasteiger partial charge in [0.25, 0.3) is 0 Å². The Balaban J connectivity index is 1.19. The number of esters is 1. The molecule has 0 bridgehead atoms. The third-order valence-corrected chi connectivity index (χ3v) is 6.74. The number of aromatic nitrogens is 1. The molecule has 36 heavy (non-hydrogen) atoms. The number of hydrogen-bond donors (Lipinski definition) is 1. The van der Waals surface area contributed by atoms with E-state index in [0.29, 0.717) is 24.0 Å². The molecular formula is C30H32N2O4. The summed E-state index contributed by atoms with van der Waals surface area (Å²) in [6.45, 7) is 4.09. The first-order valence-corrected chi connectivity index (χ1v) is 12.5. The Bertz CT molecular complexity index is 1310. The van der Waals surface area contributed by atoms with Crippen LogP contribution in [0.5, 0.6) is 5.75 Å². The topological polar surface area (TPSA) is 61.7 Å². The van der Waals surface area contributed by atoms with Crippen LogP contribution in [0.4, 0.5) is 0 Å². The lowest BCUT2D eigenvalue weighted by atomic mass is 9.87. The summed E-state index contributed by atoms with van der Waals surface area (Å²) in [5, 5.41) is 5.94. The van der Waals surface area contributed by atoms with Gasteiger partial charge in [-0.25, -0.2) is 4.79 Å². The number of rotatable bonds is 8. The number of aryl methyl sites for hydroxylation is 1. The highest BCUT2D eigenvalue weighted by Crippen LogP contribution is 2.30. The minimum atomic E-state index is -0.699. The van der Waals surface area contributed by atoms with E-state index in [0.717, 1.165) is 19.5 Å². The quantitative estimate of drug-likeness (QED) is 0.267. The number of hydrogen-bond acceptors (Lipinski definition) is 5. The fraction of sp³-hybridized carbons (Fsp3) is 0.300. The van der Waals surface area contributed by atoms with Crippen molar-refractivity contribution in [1.29, 1.82) is 0 Å². The molecule has 3 atom stereocenters. The van der Waals surface area contributed by atoms with E-state index in [4.69, 9.17) is 14.2 Å². The fourth-order valence-corrected chi connectivity index (χ4v) is 4.81. The van der Waals surface area contributed by atoms with E-state index in [1.807, 2.05) is 12.1 Å². The van der Waals surface area contributed by atoms with Crippen molar-refractivity contribution in [2.45, 2.75) is 38.3 Å². The summed E-state index contributed by atoms with van der Waals surface area (Å²) in [5.74, 6) is 0.551. The van der Waals surface area contributed by atoms with Gasteiger partial charge in [-0.1, -0.05) is 48.5 Å². The molecule has 186 valence electrons. The van der Waals surface area contributed by atoms with Crippen molar-refractivity contribution in [1.82, 2.24) is 9.88 Å². The summed E-state index contributed by atoms with van der Waals surface area (Å²) in [7, 11) is 1.81. The number of nitrogens with one attached hydrogen (secondary N) is 1. The summed E-state index contributed by atoms with van der Waals surface area (Å²) in [5.41, 5.74) is 2.89. The minimum absolute atomic E-state index is 0.0853. The predicted molar refractivity (Wildman–Crippen MR) is 140 cm³/mol. The molecule has 1 N–H and O–H groups in total.